The van der Waals surface area contributed by atoms with E-state index in [2.05, 4.69) is 48.1 Å². The van der Waals surface area contributed by atoms with Crippen LogP contribution in [0.3, 0.4) is 0 Å². The van der Waals surface area contributed by atoms with Gasteiger partial charge in [0.15, 0.2) is 0 Å². The minimum atomic E-state index is -0.134. The summed E-state index contributed by atoms with van der Waals surface area (Å²) in [4.78, 5) is 36.1. The molecular formula is C39H64N4O5S. The van der Waals surface area contributed by atoms with Gasteiger partial charge in [-0.2, -0.15) is 11.8 Å². The van der Waals surface area contributed by atoms with Crippen molar-refractivity contribution >= 4 is 29.6 Å². The number of fused-ring (bicyclic) bond motifs is 6. The van der Waals surface area contributed by atoms with Crippen molar-refractivity contribution < 1.29 is 24.2 Å². The van der Waals surface area contributed by atoms with Crippen LogP contribution >= 0.6 is 11.8 Å². The molecule has 0 spiro atoms. The first kappa shape index (κ1) is 37.0. The Bertz CT molecular complexity index is 1220. The molecule has 2 aliphatic heterocycles. The second-order valence-electron chi connectivity index (χ2n) is 16.9. The highest BCUT2D eigenvalue weighted by Crippen LogP contribution is 2.67. The fraction of sp³-hybridized carbons (Fsp3) is 0.872. The topological polar surface area (TPSA) is 129 Å². The zero-order valence-corrected chi connectivity index (χ0v) is 31.2. The lowest BCUT2D eigenvalue weighted by Gasteiger charge is -2.58. The molecule has 10 heteroatoms. The molecule has 0 aromatic heterocycles. The SMILES string of the molecule is CC(CCCNC(=O)CCOCCNC(=O)CCCC[C@@H]1SC[C@@H]2NC(=O)N[C@@H]21)[C@H]1CC[C@H]2C3CC=C4C[C@@H](O)CC[C@]4(C)[C@H]3CC[C@]12C. The maximum Gasteiger partial charge on any atom is 0.315 e. The fourth-order valence-electron chi connectivity index (χ4n) is 11.5. The van der Waals surface area contributed by atoms with Gasteiger partial charge >= 0.3 is 6.03 Å². The van der Waals surface area contributed by atoms with Gasteiger partial charge in [-0.25, -0.2) is 4.79 Å². The number of nitrogens with one attached hydrogen (secondary N) is 4. The lowest BCUT2D eigenvalue weighted by Crippen LogP contribution is -2.50. The molecule has 6 aliphatic rings. The molecule has 0 aromatic carbocycles. The molecule has 3 saturated carbocycles. The first-order chi connectivity index (χ1) is 23.6. The highest BCUT2D eigenvalue weighted by molar-refractivity contribution is 8.00. The summed E-state index contributed by atoms with van der Waals surface area (Å²) in [5.74, 6) is 4.90. The average Bonchev–Trinajstić information content (AvgIpc) is 3.75. The number of ether oxygens (including phenoxy) is 1. The van der Waals surface area contributed by atoms with Crippen molar-refractivity contribution in [3.05, 3.63) is 11.6 Å². The number of thioether (sulfide) groups is 1. The van der Waals surface area contributed by atoms with Gasteiger partial charge in [0.25, 0.3) is 0 Å². The number of carbonyl (C=O) groups is 3. The van der Waals surface area contributed by atoms with Gasteiger partial charge < -0.3 is 31.1 Å². The van der Waals surface area contributed by atoms with Gasteiger partial charge in [0.1, 0.15) is 0 Å². The zero-order valence-electron chi connectivity index (χ0n) is 30.4. The molecule has 11 atom stereocenters. The second-order valence-corrected chi connectivity index (χ2v) is 18.2. The molecule has 276 valence electrons. The monoisotopic (exact) mass is 700 g/mol. The maximum absolute atomic E-state index is 12.4. The number of amides is 4. The molecule has 49 heavy (non-hydrogen) atoms. The number of aliphatic hydroxyl groups is 1. The lowest BCUT2D eigenvalue weighted by molar-refractivity contribution is -0.123. The van der Waals surface area contributed by atoms with Crippen LogP contribution in [0.25, 0.3) is 0 Å². The van der Waals surface area contributed by atoms with Crippen LogP contribution in [0.5, 0.6) is 0 Å². The van der Waals surface area contributed by atoms with Crippen LogP contribution in [-0.2, 0) is 14.3 Å². The third kappa shape index (κ3) is 8.32. The van der Waals surface area contributed by atoms with Crippen LogP contribution < -0.4 is 21.3 Å². The van der Waals surface area contributed by atoms with E-state index in [1.807, 2.05) is 11.8 Å². The van der Waals surface area contributed by atoms with Crippen molar-refractivity contribution in [3.63, 3.8) is 0 Å². The molecule has 4 amide bonds. The first-order valence-corrected chi connectivity index (χ1v) is 20.8. The van der Waals surface area contributed by atoms with Crippen molar-refractivity contribution in [2.75, 3.05) is 32.1 Å². The van der Waals surface area contributed by atoms with E-state index in [0.717, 1.165) is 87.3 Å². The van der Waals surface area contributed by atoms with Crippen LogP contribution in [0, 0.1) is 40.4 Å². The Kier molecular flexibility index (Phi) is 12.3. The molecule has 2 unspecified atom stereocenters. The fourth-order valence-corrected chi connectivity index (χ4v) is 13.0. The summed E-state index contributed by atoms with van der Waals surface area (Å²) in [6.45, 7) is 9.55. The van der Waals surface area contributed by atoms with Crippen molar-refractivity contribution in [1.82, 2.24) is 21.3 Å². The Labute approximate surface area is 299 Å². The molecule has 6 rings (SSSR count). The lowest BCUT2D eigenvalue weighted by atomic mass is 9.47. The van der Waals surface area contributed by atoms with E-state index in [9.17, 15) is 19.5 Å². The van der Waals surface area contributed by atoms with Gasteiger partial charge in [-0.15, -0.1) is 0 Å². The van der Waals surface area contributed by atoms with E-state index in [-0.39, 0.29) is 36.0 Å². The quantitative estimate of drug-likeness (QED) is 0.0798. The summed E-state index contributed by atoms with van der Waals surface area (Å²) in [6, 6.07) is 0.414. The van der Waals surface area contributed by atoms with Crippen molar-refractivity contribution in [3.8, 4) is 0 Å². The largest absolute Gasteiger partial charge is 0.393 e. The van der Waals surface area contributed by atoms with Crippen molar-refractivity contribution in [2.24, 2.45) is 40.4 Å². The number of hydrogen-bond acceptors (Lipinski definition) is 6. The Morgan fingerprint density at radius 2 is 1.82 bits per heavy atom. The second kappa shape index (κ2) is 16.3. The molecule has 0 bridgehead atoms. The number of carbonyl (C=O) groups excluding carboxylic acids is 3. The Hall–Kier alpha value is -1.78. The summed E-state index contributed by atoms with van der Waals surface area (Å²) < 4.78 is 5.61. The first-order valence-electron chi connectivity index (χ1n) is 19.8. The van der Waals surface area contributed by atoms with Gasteiger partial charge in [-0.1, -0.05) is 38.8 Å². The van der Waals surface area contributed by atoms with E-state index in [0.29, 0.717) is 54.6 Å². The average molecular weight is 701 g/mol. The summed E-state index contributed by atoms with van der Waals surface area (Å²) in [5.41, 5.74) is 2.30. The number of rotatable bonds is 16. The molecule has 2 heterocycles. The van der Waals surface area contributed by atoms with E-state index >= 15 is 0 Å². The van der Waals surface area contributed by atoms with Gasteiger partial charge in [0.05, 0.1) is 31.4 Å². The van der Waals surface area contributed by atoms with E-state index in [1.165, 1.54) is 32.1 Å². The predicted molar refractivity (Wildman–Crippen MR) is 195 cm³/mol. The highest BCUT2D eigenvalue weighted by atomic mass is 32.2. The normalized spacial score (nSPS) is 38.3. The number of urea groups is 1. The Balaban J connectivity index is 0.790. The van der Waals surface area contributed by atoms with Gasteiger partial charge in [0.2, 0.25) is 11.8 Å². The minimum Gasteiger partial charge on any atom is -0.393 e. The number of aliphatic hydroxyl groups excluding tert-OH is 1. The van der Waals surface area contributed by atoms with Crippen molar-refractivity contribution in [2.45, 2.75) is 141 Å². The third-order valence-electron chi connectivity index (χ3n) is 14.1. The third-order valence-corrected chi connectivity index (χ3v) is 15.6. The summed E-state index contributed by atoms with van der Waals surface area (Å²) in [7, 11) is 0. The van der Waals surface area contributed by atoms with Gasteiger partial charge in [-0.3, -0.25) is 9.59 Å². The van der Waals surface area contributed by atoms with Crippen LogP contribution in [-0.4, -0.2) is 78.4 Å². The maximum atomic E-state index is 12.4. The van der Waals surface area contributed by atoms with Crippen molar-refractivity contribution in [1.29, 1.82) is 0 Å². The highest BCUT2D eigenvalue weighted by Gasteiger charge is 2.59. The minimum absolute atomic E-state index is 0.0380. The Morgan fingerprint density at radius 3 is 2.67 bits per heavy atom. The van der Waals surface area contributed by atoms with Crippen LogP contribution in [0.1, 0.15) is 117 Å². The number of hydrogen-bond donors (Lipinski definition) is 5. The predicted octanol–water partition coefficient (Wildman–Crippen LogP) is 5.71. The molecule has 2 saturated heterocycles. The molecule has 9 nitrogen and oxygen atoms in total. The number of unbranched alkanes of at least 4 members (excludes halogenated alkanes) is 1. The van der Waals surface area contributed by atoms with Gasteiger partial charge in [-0.05, 0) is 117 Å². The molecule has 0 aromatic rings. The summed E-state index contributed by atoms with van der Waals surface area (Å²) >= 11 is 1.91. The standard InChI is InChI=1S/C39H64N4O5S/c1-25(29-12-13-30-28-11-10-26-23-27(44)14-17-38(26,2)31(28)15-18-39(29,30)3)7-6-19-40-35(46)16-21-48-22-20-41-34(45)9-5-4-8-33-36-32(24-49-33)42-37(47)43-36/h10,25,27-33,36,44H,4-9,11-24H2,1-3H3,(H,40,46)(H,41,45)(H2,42,43,47)/t25?,27-,28?,29+,30-,31-,32-,33-,36-,38-,39+/m0/s1. The molecule has 4 aliphatic carbocycles. The number of allylic oxidation sites excluding steroid dienone is 1. The Morgan fingerprint density at radius 1 is 1.00 bits per heavy atom. The smallest absolute Gasteiger partial charge is 0.315 e. The molecule has 5 fully saturated rings. The molecule has 5 N–H and O–H groups in total. The van der Waals surface area contributed by atoms with E-state index in [4.69, 9.17) is 4.74 Å². The van der Waals surface area contributed by atoms with E-state index < -0.39 is 0 Å². The molecular weight excluding hydrogens is 637 g/mol. The summed E-state index contributed by atoms with van der Waals surface area (Å²) in [5, 5.41) is 22.8. The molecule has 0 radical (unpaired) electrons. The van der Waals surface area contributed by atoms with Gasteiger partial charge in [0, 0.05) is 36.9 Å². The van der Waals surface area contributed by atoms with E-state index in [1.54, 1.807) is 5.57 Å². The zero-order chi connectivity index (χ0) is 34.6. The van der Waals surface area contributed by atoms with Crippen LogP contribution in [0.2, 0.25) is 0 Å². The van der Waals surface area contributed by atoms with Crippen LogP contribution in [0.4, 0.5) is 4.79 Å². The van der Waals surface area contributed by atoms with Crippen LogP contribution in [0.15, 0.2) is 11.6 Å². The summed E-state index contributed by atoms with van der Waals surface area (Å²) in [6.07, 6.45) is 17.9.